The molecule has 3 nitrogen and oxygen atoms in total. The second-order valence-corrected chi connectivity index (χ2v) is 3.95. The maximum absolute atomic E-state index is 5.15. The standard InChI is InChI=1S/C15H12N2O/c1-2-5-13-10-14(8-7-12(13)4-1)17-16-11-15-6-3-9-18-15/h1-11,17H. The number of hydrogen-bond donors (Lipinski definition) is 1. The van der Waals surface area contributed by atoms with Gasteiger partial charge in [0.05, 0.1) is 18.2 Å². The zero-order valence-electron chi connectivity index (χ0n) is 9.71. The Morgan fingerprint density at radius 1 is 0.944 bits per heavy atom. The third-order valence-corrected chi connectivity index (χ3v) is 2.68. The van der Waals surface area contributed by atoms with Crippen LogP contribution in [0.1, 0.15) is 5.76 Å². The van der Waals surface area contributed by atoms with E-state index in [9.17, 15) is 0 Å². The molecular weight excluding hydrogens is 224 g/mol. The van der Waals surface area contributed by atoms with Crippen LogP contribution in [0.5, 0.6) is 0 Å². The van der Waals surface area contributed by atoms with Crippen LogP contribution in [0.25, 0.3) is 10.8 Å². The summed E-state index contributed by atoms with van der Waals surface area (Å²) in [5.41, 5.74) is 3.94. The van der Waals surface area contributed by atoms with Crippen molar-refractivity contribution in [2.45, 2.75) is 0 Å². The summed E-state index contributed by atoms with van der Waals surface area (Å²) in [7, 11) is 0. The normalized spacial score (nSPS) is 11.1. The van der Waals surface area contributed by atoms with Crippen LogP contribution < -0.4 is 5.43 Å². The Kier molecular flexibility index (Phi) is 2.80. The first-order chi connectivity index (χ1) is 8.92. The zero-order chi connectivity index (χ0) is 12.2. The van der Waals surface area contributed by atoms with E-state index in [1.165, 1.54) is 10.8 Å². The lowest BCUT2D eigenvalue weighted by atomic mass is 10.1. The summed E-state index contributed by atoms with van der Waals surface area (Å²) in [6.07, 6.45) is 3.27. The molecule has 0 unspecified atom stereocenters. The first-order valence-corrected chi connectivity index (χ1v) is 5.73. The van der Waals surface area contributed by atoms with E-state index in [2.05, 4.69) is 34.8 Å². The molecule has 0 aliphatic carbocycles. The maximum atomic E-state index is 5.15. The molecule has 0 amide bonds. The van der Waals surface area contributed by atoms with Crippen LogP contribution in [0.15, 0.2) is 70.4 Å². The molecule has 0 fully saturated rings. The van der Waals surface area contributed by atoms with Crippen molar-refractivity contribution >= 4 is 22.7 Å². The zero-order valence-corrected chi connectivity index (χ0v) is 9.71. The van der Waals surface area contributed by atoms with Gasteiger partial charge in [-0.1, -0.05) is 30.3 Å². The molecule has 0 saturated heterocycles. The molecule has 0 saturated carbocycles. The average molecular weight is 236 g/mol. The topological polar surface area (TPSA) is 37.5 Å². The molecule has 3 heteroatoms. The van der Waals surface area contributed by atoms with Gasteiger partial charge in [-0.05, 0) is 35.0 Å². The highest BCUT2D eigenvalue weighted by Gasteiger charge is 1.94. The maximum Gasteiger partial charge on any atom is 0.146 e. The SMILES string of the molecule is C(=NNc1ccc2ccccc2c1)c1ccco1. The molecule has 0 spiro atoms. The van der Waals surface area contributed by atoms with Gasteiger partial charge in [0.25, 0.3) is 0 Å². The summed E-state index contributed by atoms with van der Waals surface area (Å²) in [6.45, 7) is 0. The molecule has 1 aromatic heterocycles. The van der Waals surface area contributed by atoms with Gasteiger partial charge in [-0.25, -0.2) is 0 Å². The molecule has 0 bridgehead atoms. The lowest BCUT2D eigenvalue weighted by Crippen LogP contribution is -1.89. The quantitative estimate of drug-likeness (QED) is 0.553. The van der Waals surface area contributed by atoms with Gasteiger partial charge in [-0.3, -0.25) is 5.43 Å². The predicted molar refractivity (Wildman–Crippen MR) is 73.9 cm³/mol. The Bertz CT molecular complexity index is 672. The summed E-state index contributed by atoms with van der Waals surface area (Å²) in [6, 6.07) is 18.0. The Morgan fingerprint density at radius 3 is 2.67 bits per heavy atom. The smallest absolute Gasteiger partial charge is 0.146 e. The van der Waals surface area contributed by atoms with Gasteiger partial charge in [-0.2, -0.15) is 5.10 Å². The molecule has 3 rings (SSSR count). The van der Waals surface area contributed by atoms with Gasteiger partial charge < -0.3 is 4.42 Å². The van der Waals surface area contributed by atoms with Crippen molar-refractivity contribution in [2.75, 3.05) is 5.43 Å². The minimum Gasteiger partial charge on any atom is -0.463 e. The lowest BCUT2D eigenvalue weighted by Gasteiger charge is -2.02. The average Bonchev–Trinajstić information content (AvgIpc) is 2.92. The lowest BCUT2D eigenvalue weighted by molar-refractivity contribution is 0.560. The van der Waals surface area contributed by atoms with Crippen molar-refractivity contribution in [3.63, 3.8) is 0 Å². The molecule has 0 atom stereocenters. The van der Waals surface area contributed by atoms with Crippen molar-refractivity contribution in [3.8, 4) is 0 Å². The highest BCUT2D eigenvalue weighted by molar-refractivity contribution is 5.86. The Labute approximate surface area is 105 Å². The number of nitrogens with one attached hydrogen (secondary N) is 1. The van der Waals surface area contributed by atoms with Gasteiger partial charge in [0.2, 0.25) is 0 Å². The number of nitrogens with zero attached hydrogens (tertiary/aromatic N) is 1. The number of furan rings is 1. The van der Waals surface area contributed by atoms with Crippen LogP contribution in [0.4, 0.5) is 5.69 Å². The van der Waals surface area contributed by atoms with Gasteiger partial charge in [0.1, 0.15) is 5.76 Å². The molecule has 1 heterocycles. The third kappa shape index (κ3) is 2.25. The van der Waals surface area contributed by atoms with E-state index in [-0.39, 0.29) is 0 Å². The summed E-state index contributed by atoms with van der Waals surface area (Å²) in [5.74, 6) is 0.725. The van der Waals surface area contributed by atoms with Gasteiger partial charge in [-0.15, -0.1) is 0 Å². The van der Waals surface area contributed by atoms with E-state index < -0.39 is 0 Å². The van der Waals surface area contributed by atoms with Crippen LogP contribution in [0, 0.1) is 0 Å². The number of anilines is 1. The number of hydrogen-bond acceptors (Lipinski definition) is 3. The van der Waals surface area contributed by atoms with Crippen LogP contribution in [-0.4, -0.2) is 6.21 Å². The molecular formula is C15H12N2O. The largest absolute Gasteiger partial charge is 0.463 e. The predicted octanol–water partition coefficient (Wildman–Crippen LogP) is 3.88. The van der Waals surface area contributed by atoms with Crippen LogP contribution >= 0.6 is 0 Å². The van der Waals surface area contributed by atoms with Crippen molar-refractivity contribution < 1.29 is 4.42 Å². The first kappa shape index (κ1) is 10.6. The van der Waals surface area contributed by atoms with E-state index in [4.69, 9.17) is 4.42 Å². The molecule has 2 aromatic carbocycles. The van der Waals surface area contributed by atoms with Crippen LogP contribution in [-0.2, 0) is 0 Å². The molecule has 0 aliphatic rings. The first-order valence-electron chi connectivity index (χ1n) is 5.73. The Hall–Kier alpha value is -2.55. The summed E-state index contributed by atoms with van der Waals surface area (Å²) < 4.78 is 5.15. The van der Waals surface area contributed by atoms with Crippen LogP contribution in [0.2, 0.25) is 0 Å². The molecule has 0 radical (unpaired) electrons. The number of rotatable bonds is 3. The molecule has 1 N–H and O–H groups in total. The number of benzene rings is 2. The van der Waals surface area contributed by atoms with Crippen molar-refractivity contribution in [1.29, 1.82) is 0 Å². The third-order valence-electron chi connectivity index (χ3n) is 2.68. The van der Waals surface area contributed by atoms with Crippen LogP contribution in [0.3, 0.4) is 0 Å². The van der Waals surface area contributed by atoms with E-state index in [1.807, 2.05) is 30.3 Å². The number of fused-ring (bicyclic) bond motifs is 1. The Morgan fingerprint density at radius 2 is 1.83 bits per heavy atom. The van der Waals surface area contributed by atoms with Gasteiger partial charge in [0, 0.05) is 0 Å². The Balaban J connectivity index is 1.78. The molecule has 0 aliphatic heterocycles. The van der Waals surface area contributed by atoms with Gasteiger partial charge in [0.15, 0.2) is 0 Å². The molecule has 3 aromatic rings. The minimum atomic E-state index is 0.725. The highest BCUT2D eigenvalue weighted by Crippen LogP contribution is 2.18. The minimum absolute atomic E-state index is 0.725. The molecule has 18 heavy (non-hydrogen) atoms. The van der Waals surface area contributed by atoms with E-state index in [0.717, 1.165) is 11.4 Å². The van der Waals surface area contributed by atoms with E-state index in [1.54, 1.807) is 12.5 Å². The molecule has 88 valence electrons. The van der Waals surface area contributed by atoms with Crippen molar-refractivity contribution in [1.82, 2.24) is 0 Å². The van der Waals surface area contributed by atoms with E-state index in [0.29, 0.717) is 0 Å². The van der Waals surface area contributed by atoms with Crippen molar-refractivity contribution in [3.05, 3.63) is 66.6 Å². The fourth-order valence-electron chi connectivity index (χ4n) is 1.79. The monoisotopic (exact) mass is 236 g/mol. The van der Waals surface area contributed by atoms with E-state index >= 15 is 0 Å². The highest BCUT2D eigenvalue weighted by atomic mass is 16.3. The summed E-state index contributed by atoms with van der Waals surface area (Å²) >= 11 is 0. The van der Waals surface area contributed by atoms with Crippen molar-refractivity contribution in [2.24, 2.45) is 5.10 Å². The second kappa shape index (κ2) is 4.75. The van der Waals surface area contributed by atoms with Gasteiger partial charge >= 0.3 is 0 Å². The second-order valence-electron chi connectivity index (χ2n) is 3.95. The summed E-state index contributed by atoms with van der Waals surface area (Å²) in [4.78, 5) is 0. The number of hydrazone groups is 1. The fourth-order valence-corrected chi connectivity index (χ4v) is 1.79. The summed E-state index contributed by atoms with van der Waals surface area (Å²) in [5, 5.41) is 6.53. The fraction of sp³-hybridized carbons (Fsp3) is 0.